The van der Waals surface area contributed by atoms with Crippen LogP contribution in [0.2, 0.25) is 0 Å². The number of hydrogen-bond acceptors (Lipinski definition) is 4. The van der Waals surface area contributed by atoms with Crippen LogP contribution in [0.15, 0.2) is 40.1 Å². The third-order valence-electron chi connectivity index (χ3n) is 3.57. The van der Waals surface area contributed by atoms with Gasteiger partial charge in [-0.25, -0.2) is 4.79 Å². The van der Waals surface area contributed by atoms with Crippen LogP contribution in [-0.2, 0) is 9.59 Å². The summed E-state index contributed by atoms with van der Waals surface area (Å²) in [5.41, 5.74) is 1.15. The van der Waals surface area contributed by atoms with Gasteiger partial charge in [0.05, 0.1) is 4.24 Å². The maximum absolute atomic E-state index is 12.5. The Balaban J connectivity index is 1.80. The molecule has 1 aromatic carbocycles. The monoisotopic (exact) mass is 306 g/mol. The van der Waals surface area contributed by atoms with E-state index in [9.17, 15) is 14.7 Å². The van der Waals surface area contributed by atoms with Crippen LogP contribution < -0.4 is 0 Å². The molecule has 0 bridgehead atoms. The van der Waals surface area contributed by atoms with Crippen molar-refractivity contribution in [2.24, 2.45) is 5.92 Å². The maximum Gasteiger partial charge on any atom is 0.341 e. The van der Waals surface area contributed by atoms with E-state index in [0.717, 1.165) is 23.5 Å². The second-order valence-electron chi connectivity index (χ2n) is 4.89. The van der Waals surface area contributed by atoms with Crippen LogP contribution >= 0.6 is 23.5 Å². The van der Waals surface area contributed by atoms with Crippen molar-refractivity contribution in [3.63, 3.8) is 0 Å². The molecule has 3 nitrogen and oxygen atoms in total. The number of ketones is 1. The number of aliphatic carboxylic acids is 1. The number of hydrogen-bond donors (Lipinski definition) is 1. The molecule has 1 aliphatic carbocycles. The summed E-state index contributed by atoms with van der Waals surface area (Å²) in [6, 6.07) is 9.86. The number of Topliss-reactive ketones (excluding diaryl/α,β-unsaturated/α-hetero) is 1. The van der Waals surface area contributed by atoms with Gasteiger partial charge < -0.3 is 5.11 Å². The Labute approximate surface area is 125 Å². The summed E-state index contributed by atoms with van der Waals surface area (Å²) in [5, 5.41) is 9.33. The van der Waals surface area contributed by atoms with Crippen molar-refractivity contribution < 1.29 is 14.7 Å². The predicted octanol–water partition coefficient (Wildman–Crippen LogP) is 3.14. The average Bonchev–Trinajstić information content (AvgIpc) is 3.09. The fourth-order valence-corrected chi connectivity index (χ4v) is 5.02. The molecule has 3 rings (SSSR count). The van der Waals surface area contributed by atoms with Crippen molar-refractivity contribution in [3.8, 4) is 0 Å². The molecule has 2 unspecified atom stereocenters. The Morgan fingerprint density at radius 2 is 1.75 bits per heavy atom. The highest BCUT2D eigenvalue weighted by molar-refractivity contribution is 8.25. The lowest BCUT2D eigenvalue weighted by molar-refractivity contribution is -0.134. The van der Waals surface area contributed by atoms with Crippen molar-refractivity contribution in [2.45, 2.75) is 12.3 Å². The van der Waals surface area contributed by atoms with Crippen LogP contribution in [0.5, 0.6) is 0 Å². The van der Waals surface area contributed by atoms with Gasteiger partial charge in [-0.05, 0) is 17.9 Å². The van der Waals surface area contributed by atoms with Gasteiger partial charge in [-0.3, -0.25) is 4.79 Å². The summed E-state index contributed by atoms with van der Waals surface area (Å²) < 4.78 is 0.696. The molecule has 1 heterocycles. The van der Waals surface area contributed by atoms with E-state index in [-0.39, 0.29) is 23.2 Å². The van der Waals surface area contributed by atoms with Gasteiger partial charge in [-0.2, -0.15) is 0 Å². The van der Waals surface area contributed by atoms with Crippen LogP contribution in [0.4, 0.5) is 0 Å². The van der Waals surface area contributed by atoms with Gasteiger partial charge >= 0.3 is 5.97 Å². The summed E-state index contributed by atoms with van der Waals surface area (Å²) in [6.45, 7) is 0. The molecule has 1 aliphatic heterocycles. The van der Waals surface area contributed by atoms with E-state index >= 15 is 0 Å². The highest BCUT2D eigenvalue weighted by Gasteiger charge is 2.46. The summed E-state index contributed by atoms with van der Waals surface area (Å²) in [6.07, 6.45) is 0.766. The lowest BCUT2D eigenvalue weighted by Crippen LogP contribution is -2.15. The number of rotatable bonds is 4. The Hall–Kier alpha value is -1.20. The Kier molecular flexibility index (Phi) is 3.89. The molecule has 0 aromatic heterocycles. The molecule has 0 amide bonds. The predicted molar refractivity (Wildman–Crippen MR) is 81.9 cm³/mol. The summed E-state index contributed by atoms with van der Waals surface area (Å²) in [7, 11) is 0. The van der Waals surface area contributed by atoms with Gasteiger partial charge in [0, 0.05) is 17.4 Å². The first-order valence-corrected chi connectivity index (χ1v) is 8.48. The van der Waals surface area contributed by atoms with Crippen molar-refractivity contribution in [1.29, 1.82) is 0 Å². The average molecular weight is 306 g/mol. The van der Waals surface area contributed by atoms with Crippen LogP contribution in [0.25, 0.3) is 0 Å². The largest absolute Gasteiger partial charge is 0.478 e. The van der Waals surface area contributed by atoms with E-state index in [1.807, 2.05) is 30.3 Å². The number of thioether (sulfide) groups is 2. The minimum Gasteiger partial charge on any atom is -0.478 e. The first-order chi connectivity index (χ1) is 9.68. The second-order valence-corrected chi connectivity index (χ2v) is 7.36. The molecule has 1 saturated heterocycles. The molecule has 5 heteroatoms. The lowest BCUT2D eigenvalue weighted by Gasteiger charge is -2.05. The number of carboxylic acid groups (broad SMARTS) is 1. The number of carbonyl (C=O) groups is 2. The molecular formula is C15H14O3S2. The zero-order valence-corrected chi connectivity index (χ0v) is 12.4. The zero-order valence-electron chi connectivity index (χ0n) is 10.7. The van der Waals surface area contributed by atoms with Crippen molar-refractivity contribution in [2.75, 3.05) is 11.5 Å². The van der Waals surface area contributed by atoms with Crippen molar-refractivity contribution in [3.05, 3.63) is 45.7 Å². The SMILES string of the molecule is O=C(O)C(C(=O)C1CC1c1ccccc1)=C1SCCS1. The molecule has 1 saturated carbocycles. The first kappa shape index (κ1) is 13.8. The van der Waals surface area contributed by atoms with E-state index in [4.69, 9.17) is 0 Å². The summed E-state index contributed by atoms with van der Waals surface area (Å²) in [5.74, 6) is 0.537. The van der Waals surface area contributed by atoms with Gasteiger partial charge in [0.2, 0.25) is 0 Å². The Bertz CT molecular complexity index is 572. The Morgan fingerprint density at radius 3 is 2.35 bits per heavy atom. The van der Waals surface area contributed by atoms with Crippen LogP contribution in [0.3, 0.4) is 0 Å². The third-order valence-corrected chi connectivity index (χ3v) is 6.28. The number of carboxylic acids is 1. The fourth-order valence-electron chi connectivity index (χ4n) is 2.49. The zero-order chi connectivity index (χ0) is 14.1. The molecule has 2 fully saturated rings. The van der Waals surface area contributed by atoms with Crippen molar-refractivity contribution >= 4 is 35.3 Å². The van der Waals surface area contributed by atoms with Crippen LogP contribution in [-0.4, -0.2) is 28.4 Å². The van der Waals surface area contributed by atoms with Crippen LogP contribution in [0, 0.1) is 5.92 Å². The topological polar surface area (TPSA) is 54.4 Å². The normalized spacial score (nSPS) is 24.5. The Morgan fingerprint density at radius 1 is 1.10 bits per heavy atom. The van der Waals surface area contributed by atoms with Gasteiger partial charge in [0.15, 0.2) is 5.78 Å². The molecule has 2 atom stereocenters. The smallest absolute Gasteiger partial charge is 0.341 e. The van der Waals surface area contributed by atoms with Crippen molar-refractivity contribution in [1.82, 2.24) is 0 Å². The van der Waals surface area contributed by atoms with Gasteiger partial charge in [0.25, 0.3) is 0 Å². The third kappa shape index (κ3) is 2.65. The van der Waals surface area contributed by atoms with Gasteiger partial charge in [-0.1, -0.05) is 30.3 Å². The highest BCUT2D eigenvalue weighted by Crippen LogP contribution is 2.50. The van der Waals surface area contributed by atoms with E-state index in [1.165, 1.54) is 23.5 Å². The van der Waals surface area contributed by atoms with E-state index < -0.39 is 5.97 Å². The van der Waals surface area contributed by atoms with E-state index in [1.54, 1.807) is 0 Å². The quantitative estimate of drug-likeness (QED) is 0.526. The molecule has 2 aliphatic rings. The second kappa shape index (κ2) is 5.66. The summed E-state index contributed by atoms with van der Waals surface area (Å²) in [4.78, 5) is 23.9. The fraction of sp³-hybridized carbons (Fsp3) is 0.333. The molecule has 104 valence electrons. The minimum atomic E-state index is -1.08. The number of benzene rings is 1. The summed E-state index contributed by atoms with van der Waals surface area (Å²) >= 11 is 2.98. The van der Waals surface area contributed by atoms with Gasteiger partial charge in [0.1, 0.15) is 5.57 Å². The molecular weight excluding hydrogens is 292 g/mol. The standard InChI is InChI=1S/C15H14O3S2/c16-13(12(14(17)18)15-19-6-7-20-15)11-8-10(11)9-4-2-1-3-5-9/h1-5,10-11H,6-8H2,(H,17,18). The molecule has 1 N–H and O–H groups in total. The first-order valence-electron chi connectivity index (χ1n) is 6.51. The van der Waals surface area contributed by atoms with Crippen LogP contribution in [0.1, 0.15) is 17.9 Å². The molecule has 1 aromatic rings. The molecule has 0 radical (unpaired) electrons. The molecule has 20 heavy (non-hydrogen) atoms. The number of carbonyl (C=O) groups excluding carboxylic acids is 1. The molecule has 0 spiro atoms. The lowest BCUT2D eigenvalue weighted by atomic mass is 10.0. The highest BCUT2D eigenvalue weighted by atomic mass is 32.2. The van der Waals surface area contributed by atoms with E-state index in [0.29, 0.717) is 4.24 Å². The maximum atomic E-state index is 12.5. The van der Waals surface area contributed by atoms with Gasteiger partial charge in [-0.15, -0.1) is 23.5 Å². The van der Waals surface area contributed by atoms with E-state index in [2.05, 4.69) is 0 Å². The minimum absolute atomic E-state index is 0.0148.